The van der Waals surface area contributed by atoms with Crippen molar-refractivity contribution in [1.82, 2.24) is 20.2 Å². The van der Waals surface area contributed by atoms with Crippen molar-refractivity contribution in [3.8, 4) is 17.2 Å². The topological polar surface area (TPSA) is 107 Å². The van der Waals surface area contributed by atoms with Gasteiger partial charge < -0.3 is 34.4 Å². The highest BCUT2D eigenvalue weighted by atomic mass is 35.5. The number of hydrogen-bond donors (Lipinski definition) is 3. The first-order valence-corrected chi connectivity index (χ1v) is 17.5. The van der Waals surface area contributed by atoms with Crippen LogP contribution in [0, 0.1) is 13.8 Å². The number of nitrogens with one attached hydrogen (secondary N) is 3. The number of pyridine rings is 2. The largest absolute Gasteiger partial charge is 0.497 e. The second-order valence-corrected chi connectivity index (χ2v) is 13.2. The van der Waals surface area contributed by atoms with Gasteiger partial charge in [-0.3, -0.25) is 9.59 Å². The Morgan fingerprint density at radius 2 is 1.30 bits per heavy atom. The molecule has 0 amide bonds. The minimum Gasteiger partial charge on any atom is -0.497 e. The number of H-pyrrole nitrogens is 1. The Hall–Kier alpha value is -4.31. The molecule has 2 aliphatic heterocycles. The Morgan fingerprint density at radius 1 is 0.720 bits per heavy atom. The van der Waals surface area contributed by atoms with Crippen LogP contribution in [0.15, 0.2) is 82.6 Å². The molecule has 4 heterocycles. The second kappa shape index (κ2) is 17.6. The van der Waals surface area contributed by atoms with Crippen LogP contribution in [0.25, 0.3) is 21.5 Å². The van der Waals surface area contributed by atoms with Gasteiger partial charge in [0.2, 0.25) is 0 Å². The van der Waals surface area contributed by atoms with E-state index in [2.05, 4.69) is 15.6 Å². The number of nitrogens with zero attached hydrogens (tertiary/aromatic N) is 1. The van der Waals surface area contributed by atoms with Crippen molar-refractivity contribution < 1.29 is 14.2 Å². The third-order valence-electron chi connectivity index (χ3n) is 9.49. The molecule has 0 saturated carbocycles. The summed E-state index contributed by atoms with van der Waals surface area (Å²) in [6.45, 7) is 8.69. The highest BCUT2D eigenvalue weighted by Gasteiger charge is 2.17. The monoisotopic (exact) mass is 700 g/mol. The van der Waals surface area contributed by atoms with Gasteiger partial charge in [0, 0.05) is 23.2 Å². The zero-order valence-corrected chi connectivity index (χ0v) is 30.1. The number of benzene rings is 3. The fourth-order valence-electron chi connectivity index (χ4n) is 6.62. The Morgan fingerprint density at radius 3 is 1.90 bits per heavy atom. The van der Waals surface area contributed by atoms with E-state index in [0.29, 0.717) is 6.54 Å². The second-order valence-electron chi connectivity index (χ2n) is 13.2. The molecule has 2 unspecified atom stereocenters. The van der Waals surface area contributed by atoms with Crippen molar-refractivity contribution in [1.29, 1.82) is 0 Å². The predicted octanol–water partition coefficient (Wildman–Crippen LogP) is 6.67. The van der Waals surface area contributed by atoms with E-state index in [1.807, 2.05) is 80.7 Å². The molecule has 266 valence electrons. The summed E-state index contributed by atoms with van der Waals surface area (Å²) in [4.78, 5) is 27.5. The third-order valence-corrected chi connectivity index (χ3v) is 9.49. The number of aromatic nitrogens is 2. The highest BCUT2D eigenvalue weighted by molar-refractivity contribution is 5.85. The number of ether oxygens (including phenoxy) is 3. The zero-order chi connectivity index (χ0) is 34.2. The Labute approximate surface area is 299 Å². The minimum atomic E-state index is -0.0455. The molecule has 0 bridgehead atoms. The van der Waals surface area contributed by atoms with Crippen LogP contribution in [0.2, 0.25) is 0 Å². The van der Waals surface area contributed by atoms with Crippen molar-refractivity contribution >= 4 is 34.0 Å². The van der Waals surface area contributed by atoms with Crippen LogP contribution >= 0.6 is 12.4 Å². The van der Waals surface area contributed by atoms with Gasteiger partial charge in [0.15, 0.2) is 0 Å². The zero-order valence-electron chi connectivity index (χ0n) is 29.3. The van der Waals surface area contributed by atoms with Gasteiger partial charge in [0.05, 0.1) is 25.9 Å². The maximum atomic E-state index is 13.0. The van der Waals surface area contributed by atoms with E-state index in [9.17, 15) is 9.59 Å². The average Bonchev–Trinajstić information content (AvgIpc) is 3.54. The molecule has 7 rings (SSSR count). The molecule has 0 radical (unpaired) electrons. The van der Waals surface area contributed by atoms with Gasteiger partial charge in [-0.15, -0.1) is 12.4 Å². The summed E-state index contributed by atoms with van der Waals surface area (Å²) >= 11 is 0. The van der Waals surface area contributed by atoms with Crippen molar-refractivity contribution in [2.24, 2.45) is 0 Å². The van der Waals surface area contributed by atoms with Gasteiger partial charge >= 0.3 is 0 Å². The Bertz CT molecular complexity index is 1980. The first-order valence-electron chi connectivity index (χ1n) is 17.5. The molecule has 2 aliphatic rings. The Balaban J connectivity index is 0.000000203. The van der Waals surface area contributed by atoms with Crippen LogP contribution in [-0.4, -0.2) is 55.0 Å². The van der Waals surface area contributed by atoms with E-state index >= 15 is 0 Å². The van der Waals surface area contributed by atoms with Crippen LogP contribution in [-0.2, 0) is 6.54 Å². The van der Waals surface area contributed by atoms with Gasteiger partial charge in [-0.1, -0.05) is 12.1 Å². The average molecular weight is 701 g/mol. The quantitative estimate of drug-likeness (QED) is 0.174. The van der Waals surface area contributed by atoms with E-state index in [1.54, 1.807) is 17.9 Å². The summed E-state index contributed by atoms with van der Waals surface area (Å²) in [6, 6.07) is 19.6. The van der Waals surface area contributed by atoms with E-state index in [0.717, 1.165) is 120 Å². The van der Waals surface area contributed by atoms with E-state index in [4.69, 9.17) is 14.2 Å². The molecule has 3 N–H and O–H groups in total. The standard InChI is InChI=1S/C24H28N2O3.C16H20N2O2.ClH/c1-17-14-22-19(15-23(17)29-21-4-3-11-25-12-9-21)10-13-26(24(22)27)16-18-5-7-20(28-2)8-6-18;1-11-9-14-12(4-8-18-16(14)19)10-15(11)20-13-3-2-6-17-7-5-13;/h5-8,10,13-15,21,25H,3-4,9,11-12,16H2,1-2H3;4,8-10,13,17H,2-3,5-7H2,1H3,(H,18,19);1H. The summed E-state index contributed by atoms with van der Waals surface area (Å²) in [6.07, 6.45) is 10.5. The van der Waals surface area contributed by atoms with Crippen molar-refractivity contribution in [3.63, 3.8) is 0 Å². The summed E-state index contributed by atoms with van der Waals surface area (Å²) in [7, 11) is 1.65. The molecule has 10 heteroatoms. The summed E-state index contributed by atoms with van der Waals surface area (Å²) < 4.78 is 19.4. The maximum Gasteiger partial charge on any atom is 0.258 e. The smallest absolute Gasteiger partial charge is 0.258 e. The van der Waals surface area contributed by atoms with Gasteiger partial charge in [-0.2, -0.15) is 0 Å². The van der Waals surface area contributed by atoms with Crippen LogP contribution in [0.3, 0.4) is 0 Å². The first-order chi connectivity index (χ1) is 23.9. The van der Waals surface area contributed by atoms with Crippen molar-refractivity contribution in [2.75, 3.05) is 33.3 Å². The molecule has 2 aromatic heterocycles. The summed E-state index contributed by atoms with van der Waals surface area (Å²) in [5.41, 5.74) is 3.06. The molecular weight excluding hydrogens is 652 g/mol. The van der Waals surface area contributed by atoms with E-state index < -0.39 is 0 Å². The fourth-order valence-corrected chi connectivity index (χ4v) is 6.62. The van der Waals surface area contributed by atoms with E-state index in [-0.39, 0.29) is 35.7 Å². The van der Waals surface area contributed by atoms with Crippen LogP contribution in [0.4, 0.5) is 0 Å². The van der Waals surface area contributed by atoms with Crippen LogP contribution < -0.4 is 36.0 Å². The molecule has 2 fully saturated rings. The van der Waals surface area contributed by atoms with Crippen molar-refractivity contribution in [3.05, 3.63) is 110 Å². The van der Waals surface area contributed by atoms with Crippen molar-refractivity contribution in [2.45, 2.75) is 71.1 Å². The first kappa shape index (κ1) is 37.0. The number of fused-ring (bicyclic) bond motifs is 2. The lowest BCUT2D eigenvalue weighted by Gasteiger charge is -2.19. The summed E-state index contributed by atoms with van der Waals surface area (Å²) in [5, 5.41) is 10.1. The SMILES string of the molecule is COc1ccc(Cn2ccc3cc(OC4CCCNCC4)c(C)cc3c2=O)cc1.Cc1cc2c(=O)[nH]ccc2cc1OC1CCCNCC1.Cl. The third kappa shape index (κ3) is 9.27. The summed E-state index contributed by atoms with van der Waals surface area (Å²) in [5.74, 6) is 2.60. The van der Waals surface area contributed by atoms with Crippen LogP contribution in [0.1, 0.15) is 55.2 Å². The highest BCUT2D eigenvalue weighted by Crippen LogP contribution is 2.28. The van der Waals surface area contributed by atoms with Gasteiger partial charge in [0.1, 0.15) is 17.2 Å². The molecular formula is C40H49ClN4O5. The number of methoxy groups -OCH3 is 1. The lowest BCUT2D eigenvalue weighted by molar-refractivity contribution is 0.186. The predicted molar refractivity (Wildman–Crippen MR) is 204 cm³/mol. The van der Waals surface area contributed by atoms with Crippen LogP contribution in [0.5, 0.6) is 17.2 Å². The minimum absolute atomic E-state index is 0. The maximum absolute atomic E-state index is 13.0. The van der Waals surface area contributed by atoms with Gasteiger partial charge in [0.25, 0.3) is 11.1 Å². The normalized spacial score (nSPS) is 17.8. The number of aromatic amines is 1. The molecule has 0 spiro atoms. The molecule has 3 aromatic carbocycles. The molecule has 5 aromatic rings. The van der Waals surface area contributed by atoms with E-state index in [1.165, 1.54) is 0 Å². The lowest BCUT2D eigenvalue weighted by atomic mass is 10.1. The number of rotatable bonds is 7. The number of halogens is 1. The number of hydrogen-bond acceptors (Lipinski definition) is 7. The number of aryl methyl sites for hydroxylation is 2. The lowest BCUT2D eigenvalue weighted by Crippen LogP contribution is -2.21. The molecule has 50 heavy (non-hydrogen) atoms. The molecule has 2 atom stereocenters. The molecule has 2 saturated heterocycles. The fraction of sp³-hybridized carbons (Fsp3) is 0.400. The molecule has 0 aliphatic carbocycles. The Kier molecular flexibility index (Phi) is 13.0. The van der Waals surface area contributed by atoms with Gasteiger partial charge in [-0.25, -0.2) is 0 Å². The molecule has 9 nitrogen and oxygen atoms in total. The van der Waals surface area contributed by atoms with Gasteiger partial charge in [-0.05, 0) is 155 Å².